The Morgan fingerprint density at radius 1 is 0.609 bits per heavy atom. The molecule has 0 radical (unpaired) electrons. The first-order chi connectivity index (χ1) is 11.2. The van der Waals surface area contributed by atoms with Gasteiger partial charge in [0.25, 0.3) is 0 Å². The second-order valence-corrected chi connectivity index (χ2v) is 7.02. The number of halogens is 2. The van der Waals surface area contributed by atoms with Crippen molar-refractivity contribution in [3.05, 3.63) is 69.6 Å². The molecule has 0 saturated heterocycles. The van der Waals surface area contributed by atoms with Gasteiger partial charge in [0.05, 0.1) is 11.0 Å². The Morgan fingerprint density at radius 3 is 1.57 bits per heavy atom. The number of nitrogens with one attached hydrogen (secondary N) is 1. The molecule has 0 unspecified atom stereocenters. The van der Waals surface area contributed by atoms with E-state index in [2.05, 4.69) is 59.3 Å². The Labute approximate surface area is 150 Å². The summed E-state index contributed by atoms with van der Waals surface area (Å²) in [6, 6.07) is 20.1. The molecule has 0 aliphatic rings. The molecule has 2 heterocycles. The van der Waals surface area contributed by atoms with Gasteiger partial charge in [0.1, 0.15) is 11.6 Å². The van der Waals surface area contributed by atoms with Gasteiger partial charge in [-0.25, -0.2) is 9.97 Å². The van der Waals surface area contributed by atoms with Crippen molar-refractivity contribution in [1.82, 2.24) is 9.97 Å². The van der Waals surface area contributed by atoms with E-state index in [4.69, 9.17) is 0 Å². The van der Waals surface area contributed by atoms with Crippen molar-refractivity contribution < 1.29 is 0 Å². The van der Waals surface area contributed by atoms with Gasteiger partial charge in [-0.2, -0.15) is 0 Å². The third kappa shape index (κ3) is 3.07. The van der Waals surface area contributed by atoms with Gasteiger partial charge in [0.15, 0.2) is 0 Å². The van der Waals surface area contributed by atoms with Crippen LogP contribution in [0.3, 0.4) is 0 Å². The van der Waals surface area contributed by atoms with E-state index < -0.39 is 0 Å². The standard InChI is InChI=1S/C18H11Br2N3/c19-13-3-5-15-11(9-13)1-7-17(21-15)23-18-8-2-12-10-14(20)4-6-16(12)22-18/h1-10H,(H,21,22,23). The summed E-state index contributed by atoms with van der Waals surface area (Å²) < 4.78 is 2.10. The topological polar surface area (TPSA) is 37.8 Å². The molecule has 2 aromatic carbocycles. The number of pyridine rings is 2. The zero-order valence-corrected chi connectivity index (χ0v) is 15.1. The summed E-state index contributed by atoms with van der Waals surface area (Å²) in [6.07, 6.45) is 0. The number of rotatable bonds is 2. The van der Waals surface area contributed by atoms with Crippen molar-refractivity contribution >= 4 is 65.3 Å². The molecule has 0 aliphatic heterocycles. The highest BCUT2D eigenvalue weighted by Crippen LogP contribution is 2.23. The first-order valence-electron chi connectivity index (χ1n) is 7.07. The van der Waals surface area contributed by atoms with Crippen LogP contribution >= 0.6 is 31.9 Å². The predicted octanol–water partition coefficient (Wildman–Crippen LogP) is 6.05. The van der Waals surface area contributed by atoms with Crippen molar-refractivity contribution in [3.63, 3.8) is 0 Å². The third-order valence-electron chi connectivity index (χ3n) is 3.56. The molecule has 0 atom stereocenters. The van der Waals surface area contributed by atoms with Crippen LogP contribution in [0.2, 0.25) is 0 Å². The molecule has 3 nitrogen and oxygen atoms in total. The number of hydrogen-bond acceptors (Lipinski definition) is 3. The molecule has 5 heteroatoms. The molecule has 2 aromatic heterocycles. The van der Waals surface area contributed by atoms with Gasteiger partial charge < -0.3 is 5.32 Å². The Balaban J connectivity index is 1.69. The molecule has 4 rings (SSSR count). The van der Waals surface area contributed by atoms with E-state index in [-0.39, 0.29) is 0 Å². The summed E-state index contributed by atoms with van der Waals surface area (Å²) in [5.74, 6) is 1.56. The lowest BCUT2D eigenvalue weighted by atomic mass is 10.2. The molecule has 23 heavy (non-hydrogen) atoms. The molecule has 1 N–H and O–H groups in total. The minimum atomic E-state index is 0.781. The Bertz CT molecular complexity index is 948. The first kappa shape index (κ1) is 14.6. The minimum Gasteiger partial charge on any atom is -0.325 e. The quantitative estimate of drug-likeness (QED) is 0.422. The molecule has 0 spiro atoms. The van der Waals surface area contributed by atoms with E-state index in [0.29, 0.717) is 0 Å². The summed E-state index contributed by atoms with van der Waals surface area (Å²) in [4.78, 5) is 9.25. The fraction of sp³-hybridized carbons (Fsp3) is 0. The van der Waals surface area contributed by atoms with Crippen molar-refractivity contribution in [2.24, 2.45) is 0 Å². The normalized spacial score (nSPS) is 11.0. The maximum atomic E-state index is 4.63. The van der Waals surface area contributed by atoms with Gasteiger partial charge >= 0.3 is 0 Å². The SMILES string of the molecule is Brc1ccc2nc(Nc3ccc4cc(Br)ccc4n3)ccc2c1. The predicted molar refractivity (Wildman–Crippen MR) is 102 cm³/mol. The smallest absolute Gasteiger partial charge is 0.132 e. The fourth-order valence-corrected chi connectivity index (χ4v) is 3.22. The summed E-state index contributed by atoms with van der Waals surface area (Å²) in [7, 11) is 0. The van der Waals surface area contributed by atoms with Crippen molar-refractivity contribution in [2.45, 2.75) is 0 Å². The molecule has 0 amide bonds. The lowest BCUT2D eigenvalue weighted by Crippen LogP contribution is -1.96. The van der Waals surface area contributed by atoms with Crippen LogP contribution in [0, 0.1) is 0 Å². The van der Waals surface area contributed by atoms with Crippen LogP contribution in [0.1, 0.15) is 0 Å². The molecule has 4 aromatic rings. The molecule has 0 saturated carbocycles. The van der Waals surface area contributed by atoms with Gasteiger partial charge in [0.2, 0.25) is 0 Å². The second kappa shape index (κ2) is 5.91. The summed E-state index contributed by atoms with van der Waals surface area (Å²) in [5.41, 5.74) is 1.89. The Hall–Kier alpha value is -1.98. The van der Waals surface area contributed by atoms with Gasteiger partial charge in [0, 0.05) is 19.7 Å². The van der Waals surface area contributed by atoms with Gasteiger partial charge in [-0.05, 0) is 60.7 Å². The van der Waals surface area contributed by atoms with Crippen molar-refractivity contribution in [2.75, 3.05) is 5.32 Å². The highest BCUT2D eigenvalue weighted by Gasteiger charge is 2.03. The molecule has 0 fully saturated rings. The monoisotopic (exact) mass is 427 g/mol. The first-order valence-corrected chi connectivity index (χ1v) is 8.66. The molecule has 112 valence electrons. The summed E-state index contributed by atoms with van der Waals surface area (Å²) >= 11 is 6.95. The lowest BCUT2D eigenvalue weighted by molar-refractivity contribution is 1.31. The second-order valence-electron chi connectivity index (χ2n) is 5.19. The van der Waals surface area contributed by atoms with Gasteiger partial charge in [-0.1, -0.05) is 31.9 Å². The zero-order valence-electron chi connectivity index (χ0n) is 11.9. The van der Waals surface area contributed by atoms with E-state index in [9.17, 15) is 0 Å². The number of fused-ring (bicyclic) bond motifs is 2. The minimum absolute atomic E-state index is 0.781. The number of hydrogen-bond donors (Lipinski definition) is 1. The highest BCUT2D eigenvalue weighted by atomic mass is 79.9. The Kier molecular flexibility index (Phi) is 3.75. The molecule has 0 aliphatic carbocycles. The maximum Gasteiger partial charge on any atom is 0.132 e. The van der Waals surface area contributed by atoms with Crippen LogP contribution in [0.15, 0.2) is 69.6 Å². The van der Waals surface area contributed by atoms with Crippen LogP contribution in [0.5, 0.6) is 0 Å². The van der Waals surface area contributed by atoms with Crippen LogP contribution in [-0.4, -0.2) is 9.97 Å². The molecular formula is C18H11Br2N3. The number of aromatic nitrogens is 2. The van der Waals surface area contributed by atoms with Crippen LogP contribution in [0.4, 0.5) is 11.6 Å². The zero-order chi connectivity index (χ0) is 15.8. The average Bonchev–Trinajstić information content (AvgIpc) is 2.55. The van der Waals surface area contributed by atoms with E-state index >= 15 is 0 Å². The third-order valence-corrected chi connectivity index (χ3v) is 4.55. The largest absolute Gasteiger partial charge is 0.325 e. The molecule has 0 bridgehead atoms. The fourth-order valence-electron chi connectivity index (χ4n) is 2.46. The average molecular weight is 429 g/mol. The molecular weight excluding hydrogens is 418 g/mol. The lowest BCUT2D eigenvalue weighted by Gasteiger charge is -2.07. The van der Waals surface area contributed by atoms with Gasteiger partial charge in [-0.3, -0.25) is 0 Å². The summed E-state index contributed by atoms with van der Waals surface area (Å²) in [6.45, 7) is 0. The van der Waals surface area contributed by atoms with Crippen molar-refractivity contribution in [1.29, 1.82) is 0 Å². The highest BCUT2D eigenvalue weighted by molar-refractivity contribution is 9.10. The number of nitrogens with zero attached hydrogens (tertiary/aromatic N) is 2. The van der Waals surface area contributed by atoms with Crippen molar-refractivity contribution in [3.8, 4) is 0 Å². The van der Waals surface area contributed by atoms with E-state index in [1.54, 1.807) is 0 Å². The van der Waals surface area contributed by atoms with Crippen LogP contribution in [-0.2, 0) is 0 Å². The maximum absolute atomic E-state index is 4.63. The van der Waals surface area contributed by atoms with Crippen LogP contribution in [0.25, 0.3) is 21.8 Å². The number of benzene rings is 2. The Morgan fingerprint density at radius 2 is 1.09 bits per heavy atom. The summed E-state index contributed by atoms with van der Waals surface area (Å²) in [5, 5.41) is 5.47. The van der Waals surface area contributed by atoms with Crippen LogP contribution < -0.4 is 5.32 Å². The van der Waals surface area contributed by atoms with E-state index in [1.807, 2.05) is 48.5 Å². The number of anilines is 2. The van der Waals surface area contributed by atoms with Gasteiger partial charge in [-0.15, -0.1) is 0 Å². The van der Waals surface area contributed by atoms with E-state index in [0.717, 1.165) is 42.4 Å². The van der Waals surface area contributed by atoms with E-state index in [1.165, 1.54) is 0 Å².